The van der Waals surface area contributed by atoms with E-state index in [0.717, 1.165) is 70.2 Å². The number of benzene rings is 1. The number of nitriles is 1. The number of anilines is 3. The van der Waals surface area contributed by atoms with Crippen LogP contribution in [0.4, 0.5) is 16.5 Å². The van der Waals surface area contributed by atoms with E-state index in [0.29, 0.717) is 55.8 Å². The quantitative estimate of drug-likeness (QED) is 0.173. The third-order valence-electron chi connectivity index (χ3n) is 11.8. The van der Waals surface area contributed by atoms with Gasteiger partial charge in [0.2, 0.25) is 22.9 Å². The molecule has 4 aliphatic heterocycles. The average Bonchev–Trinajstić information content (AvgIpc) is 3.99. The molecule has 0 radical (unpaired) electrons. The summed E-state index contributed by atoms with van der Waals surface area (Å²) in [5.74, 6) is -1.24. The van der Waals surface area contributed by atoms with Crippen molar-refractivity contribution in [2.24, 2.45) is 0 Å². The number of aromatic nitrogens is 5. The number of imide groups is 1. The number of fused-ring (bicyclic) bond motifs is 2. The van der Waals surface area contributed by atoms with Crippen molar-refractivity contribution in [3.63, 3.8) is 0 Å². The van der Waals surface area contributed by atoms with Gasteiger partial charge in [0, 0.05) is 106 Å². The molecule has 314 valence electrons. The van der Waals surface area contributed by atoms with Gasteiger partial charge in [-0.2, -0.15) is 10.4 Å². The third-order valence-corrected chi connectivity index (χ3v) is 12.8. The lowest BCUT2D eigenvalue weighted by molar-refractivity contribution is -0.139. The van der Waals surface area contributed by atoms with Gasteiger partial charge in [0.05, 0.1) is 34.2 Å². The second-order valence-corrected chi connectivity index (χ2v) is 16.9. The number of piperazine rings is 2. The summed E-state index contributed by atoms with van der Waals surface area (Å²) in [5.41, 5.74) is 6.27. The van der Waals surface area contributed by atoms with E-state index in [4.69, 9.17) is 4.98 Å². The van der Waals surface area contributed by atoms with Crippen molar-refractivity contribution in [3.05, 3.63) is 71.5 Å². The number of hydrogen-bond acceptors (Lipinski definition) is 15. The molecular formula is C42H45N13O5S. The fourth-order valence-electron chi connectivity index (χ4n) is 8.51. The van der Waals surface area contributed by atoms with Gasteiger partial charge >= 0.3 is 0 Å². The van der Waals surface area contributed by atoms with Crippen LogP contribution in [-0.4, -0.2) is 139 Å². The summed E-state index contributed by atoms with van der Waals surface area (Å²) >= 11 is 1.50. The van der Waals surface area contributed by atoms with Gasteiger partial charge in [-0.15, -0.1) is 10.2 Å². The van der Waals surface area contributed by atoms with E-state index in [1.165, 1.54) is 16.2 Å². The molecule has 1 unspecified atom stereocenters. The number of pyridine rings is 1. The van der Waals surface area contributed by atoms with Crippen molar-refractivity contribution < 1.29 is 24.3 Å². The van der Waals surface area contributed by atoms with E-state index in [-0.39, 0.29) is 30.7 Å². The Balaban J connectivity index is 0.762. The maximum atomic E-state index is 13.4. The summed E-state index contributed by atoms with van der Waals surface area (Å²) in [5, 5.41) is 41.3. The average molecular weight is 844 g/mol. The summed E-state index contributed by atoms with van der Waals surface area (Å²) in [4.78, 5) is 65.2. The van der Waals surface area contributed by atoms with Crippen molar-refractivity contribution in [3.8, 4) is 28.0 Å². The van der Waals surface area contributed by atoms with Crippen LogP contribution in [0.5, 0.6) is 0 Å². The number of aliphatic hydroxyl groups excluding tert-OH is 1. The van der Waals surface area contributed by atoms with E-state index < -0.39 is 24.1 Å². The largest absolute Gasteiger partial charge is 0.382 e. The highest BCUT2D eigenvalue weighted by Gasteiger charge is 2.44. The van der Waals surface area contributed by atoms with Crippen LogP contribution in [0.25, 0.3) is 27.5 Å². The summed E-state index contributed by atoms with van der Waals surface area (Å²) < 4.78 is 1.77. The normalized spacial score (nSPS) is 19.8. The van der Waals surface area contributed by atoms with Crippen LogP contribution in [0, 0.1) is 11.3 Å². The number of carbonyl (C=O) groups is 4. The Hall–Kier alpha value is -6.49. The molecular weight excluding hydrogens is 799 g/mol. The zero-order chi connectivity index (χ0) is 42.4. The van der Waals surface area contributed by atoms with E-state index in [1.807, 2.05) is 41.4 Å². The molecule has 3 N–H and O–H groups in total. The molecule has 18 nitrogen and oxygen atoms in total. The molecule has 1 aromatic carbocycles. The second kappa shape index (κ2) is 16.5. The lowest BCUT2D eigenvalue weighted by Crippen LogP contribution is -2.53. The maximum absolute atomic E-state index is 13.4. The molecule has 2 atom stereocenters. The molecule has 0 aliphatic carbocycles. The Morgan fingerprint density at radius 2 is 1.75 bits per heavy atom. The molecule has 3 saturated heterocycles. The van der Waals surface area contributed by atoms with Crippen molar-refractivity contribution in [1.29, 1.82) is 5.26 Å². The molecule has 61 heavy (non-hydrogen) atoms. The van der Waals surface area contributed by atoms with Crippen molar-refractivity contribution in [2.45, 2.75) is 51.4 Å². The first-order valence-corrected chi connectivity index (χ1v) is 21.3. The maximum Gasteiger partial charge on any atom is 0.257 e. The van der Waals surface area contributed by atoms with Gasteiger partial charge in [-0.05, 0) is 62.7 Å². The molecule has 9 rings (SSSR count). The van der Waals surface area contributed by atoms with E-state index in [9.17, 15) is 29.5 Å². The van der Waals surface area contributed by atoms with Crippen LogP contribution in [0.3, 0.4) is 0 Å². The predicted octanol–water partition coefficient (Wildman–Crippen LogP) is 2.72. The van der Waals surface area contributed by atoms with Crippen LogP contribution in [0.1, 0.15) is 60.8 Å². The van der Waals surface area contributed by atoms with Gasteiger partial charge < -0.3 is 25.1 Å². The van der Waals surface area contributed by atoms with Gasteiger partial charge in [-0.3, -0.25) is 39.3 Å². The Bertz CT molecular complexity index is 2570. The minimum Gasteiger partial charge on any atom is -0.382 e. The molecule has 8 heterocycles. The summed E-state index contributed by atoms with van der Waals surface area (Å²) in [6, 6.07) is 14.4. The highest BCUT2D eigenvalue weighted by atomic mass is 32.1. The topological polar surface area (TPSA) is 209 Å². The van der Waals surface area contributed by atoms with Crippen molar-refractivity contribution in [2.75, 3.05) is 74.0 Å². The Morgan fingerprint density at radius 3 is 2.51 bits per heavy atom. The zero-order valence-corrected chi connectivity index (χ0v) is 34.6. The summed E-state index contributed by atoms with van der Waals surface area (Å²) in [6.45, 7) is 10.3. The molecule has 0 saturated carbocycles. The molecule has 4 aliphatic rings. The highest BCUT2D eigenvalue weighted by Crippen LogP contribution is 2.38. The number of amides is 4. The number of carbonyl (C=O) groups excluding carboxylic acids is 4. The van der Waals surface area contributed by atoms with Gasteiger partial charge in [0.1, 0.15) is 12.1 Å². The van der Waals surface area contributed by atoms with Crippen LogP contribution >= 0.6 is 11.3 Å². The zero-order valence-electron chi connectivity index (χ0n) is 33.8. The van der Waals surface area contributed by atoms with Crippen LogP contribution in [-0.2, 0) is 14.4 Å². The van der Waals surface area contributed by atoms with Gasteiger partial charge in [-0.1, -0.05) is 11.3 Å². The number of nitrogens with one attached hydrogen (secondary N) is 2. The Kier molecular flexibility index (Phi) is 10.8. The minimum atomic E-state index is -1.27. The minimum absolute atomic E-state index is 0.114. The van der Waals surface area contributed by atoms with E-state index in [2.05, 4.69) is 60.5 Å². The number of aliphatic hydroxyl groups is 1. The third kappa shape index (κ3) is 7.85. The summed E-state index contributed by atoms with van der Waals surface area (Å²) in [7, 11) is 0. The van der Waals surface area contributed by atoms with Crippen LogP contribution in [0.15, 0.2) is 54.9 Å². The number of piperidine rings is 1. The SMILES string of the molecule is CC(C)Nc1cc(-c2ccc3cc(C#N)cnn23)ncc1-c1nnc(N2CCN(C(=O)CCN3CCN(c4ccc5c(c4)C(O)N([C@@H]4CCC(=O)NC4=O)C5=O)CC3)CC2)s1. The Morgan fingerprint density at radius 1 is 0.967 bits per heavy atom. The van der Waals surface area contributed by atoms with Crippen molar-refractivity contribution in [1.82, 2.24) is 44.8 Å². The number of hydrogen-bond donors (Lipinski definition) is 3. The molecule has 0 spiro atoms. The first kappa shape index (κ1) is 39.9. The number of nitrogens with zero attached hydrogens (tertiary/aromatic N) is 11. The fourth-order valence-corrected chi connectivity index (χ4v) is 9.43. The van der Waals surface area contributed by atoms with Crippen molar-refractivity contribution >= 4 is 57.0 Å². The van der Waals surface area contributed by atoms with Gasteiger partial charge in [0.25, 0.3) is 5.91 Å². The first-order chi connectivity index (χ1) is 29.5. The lowest BCUT2D eigenvalue weighted by Gasteiger charge is -2.37. The van der Waals surface area contributed by atoms with Gasteiger partial charge in [-0.25, -0.2) is 4.52 Å². The molecule has 5 aromatic rings. The standard InChI is InChI=1S/C42H45N13O5S/c1-25(2)46-32-21-33(34-6-4-28-19-26(22-43)23-45-55(28)34)44-24-31(32)39-48-49-42(61-39)53-17-15-52(16-18-53)37(57)9-10-50-11-13-51(14-12-50)27-3-5-29-30(20-27)41(60)54(40(29)59)35-7-8-36(56)47-38(35)58/h3-6,19-21,23-25,35,41,60H,7-18H2,1-2H3,(H,44,46)(H,47,56,58)/t35-,41?/m1/s1. The lowest BCUT2D eigenvalue weighted by atomic mass is 10.0. The van der Waals surface area contributed by atoms with E-state index in [1.54, 1.807) is 22.8 Å². The molecule has 0 bridgehead atoms. The summed E-state index contributed by atoms with van der Waals surface area (Å²) in [6.07, 6.45) is 2.80. The van der Waals surface area contributed by atoms with E-state index >= 15 is 0 Å². The first-order valence-electron chi connectivity index (χ1n) is 20.5. The molecule has 4 amide bonds. The monoisotopic (exact) mass is 843 g/mol. The predicted molar refractivity (Wildman–Crippen MR) is 227 cm³/mol. The van der Waals surface area contributed by atoms with Crippen LogP contribution in [0.2, 0.25) is 0 Å². The highest BCUT2D eigenvalue weighted by molar-refractivity contribution is 7.18. The number of rotatable bonds is 10. The van der Waals surface area contributed by atoms with Gasteiger partial charge in [0.15, 0.2) is 11.2 Å². The molecule has 4 aromatic heterocycles. The fraction of sp³-hybridized carbons (Fsp3) is 0.405. The smallest absolute Gasteiger partial charge is 0.257 e. The molecule has 3 fully saturated rings. The second-order valence-electron chi connectivity index (χ2n) is 16.0. The molecule has 19 heteroatoms. The Labute approximate surface area is 355 Å². The van der Waals surface area contributed by atoms with Crippen LogP contribution < -0.4 is 20.4 Å².